The molecule has 0 radical (unpaired) electrons. The number of rotatable bonds is 3. The van der Waals surface area contributed by atoms with Crippen LogP contribution in [-0.2, 0) is 4.79 Å². The molecule has 1 heterocycles. The van der Waals surface area contributed by atoms with Crippen molar-refractivity contribution in [1.82, 2.24) is 5.32 Å². The van der Waals surface area contributed by atoms with Crippen LogP contribution >= 0.6 is 11.8 Å². The van der Waals surface area contributed by atoms with Crippen LogP contribution in [0.1, 0.15) is 54.6 Å². The van der Waals surface area contributed by atoms with Crippen molar-refractivity contribution in [3.8, 4) is 0 Å². The van der Waals surface area contributed by atoms with Gasteiger partial charge in [0, 0.05) is 16.5 Å². The van der Waals surface area contributed by atoms with E-state index < -0.39 is 0 Å². The summed E-state index contributed by atoms with van der Waals surface area (Å²) in [6.45, 7) is 6.52. The lowest BCUT2D eigenvalue weighted by atomic mass is 9.78. The first-order valence-electron chi connectivity index (χ1n) is 10.6. The van der Waals surface area contributed by atoms with Gasteiger partial charge in [-0.15, -0.1) is 0 Å². The molecule has 0 saturated heterocycles. The molecule has 1 saturated carbocycles. The molecule has 3 atom stereocenters. The fraction of sp³-hybridized carbons (Fsp3) is 0.360. The van der Waals surface area contributed by atoms with Crippen LogP contribution in [0, 0.1) is 18.8 Å². The molecule has 4 rings (SSSR count). The molecule has 2 aromatic carbocycles. The number of hydrogen-bond donors (Lipinski definition) is 2. The van der Waals surface area contributed by atoms with Crippen molar-refractivity contribution in [2.24, 2.45) is 11.8 Å². The largest absolute Gasteiger partial charge is 0.349 e. The molecule has 2 amide bonds. The third kappa shape index (κ3) is 4.46. The van der Waals surface area contributed by atoms with Gasteiger partial charge in [0.15, 0.2) is 0 Å². The van der Waals surface area contributed by atoms with Gasteiger partial charge in [-0.1, -0.05) is 68.3 Å². The van der Waals surface area contributed by atoms with Crippen LogP contribution in [0.25, 0.3) is 6.08 Å². The number of carbonyl (C=O) groups excluding carboxylic acids is 2. The molecule has 0 bridgehead atoms. The summed E-state index contributed by atoms with van der Waals surface area (Å²) in [6, 6.07) is 13.8. The monoisotopic (exact) mass is 420 g/mol. The molecule has 0 aromatic heterocycles. The number of carbonyl (C=O) groups is 2. The minimum atomic E-state index is -0.138. The van der Waals surface area contributed by atoms with Crippen molar-refractivity contribution in [2.45, 2.75) is 51.0 Å². The summed E-state index contributed by atoms with van der Waals surface area (Å²) >= 11 is 1.44. The molecule has 0 unspecified atom stereocenters. The maximum absolute atomic E-state index is 12.8. The van der Waals surface area contributed by atoms with E-state index >= 15 is 0 Å². The highest BCUT2D eigenvalue weighted by molar-refractivity contribution is 8.04. The Hall–Kier alpha value is -2.53. The van der Waals surface area contributed by atoms with Gasteiger partial charge in [-0.05, 0) is 55.0 Å². The first kappa shape index (κ1) is 20.7. The smallest absolute Gasteiger partial charge is 0.262 e. The highest BCUT2D eigenvalue weighted by Gasteiger charge is 2.29. The lowest BCUT2D eigenvalue weighted by molar-refractivity contribution is -0.112. The minimum Gasteiger partial charge on any atom is -0.349 e. The molecule has 1 fully saturated rings. The second-order valence-electron chi connectivity index (χ2n) is 8.54. The van der Waals surface area contributed by atoms with Crippen molar-refractivity contribution < 1.29 is 9.59 Å². The molecule has 5 heteroatoms. The Morgan fingerprint density at radius 3 is 2.80 bits per heavy atom. The van der Waals surface area contributed by atoms with Crippen LogP contribution in [-0.4, -0.2) is 17.9 Å². The van der Waals surface area contributed by atoms with Crippen molar-refractivity contribution >= 4 is 35.3 Å². The summed E-state index contributed by atoms with van der Waals surface area (Å²) in [4.78, 5) is 27.0. The third-order valence-electron chi connectivity index (χ3n) is 6.30. The zero-order valence-corrected chi connectivity index (χ0v) is 18.5. The number of fused-ring (bicyclic) bond motifs is 1. The number of hydrogen-bond acceptors (Lipinski definition) is 3. The molecule has 2 aromatic rings. The van der Waals surface area contributed by atoms with E-state index in [-0.39, 0.29) is 17.9 Å². The number of anilines is 1. The van der Waals surface area contributed by atoms with E-state index in [0.29, 0.717) is 28.0 Å². The van der Waals surface area contributed by atoms with Gasteiger partial charge in [-0.3, -0.25) is 9.59 Å². The number of benzene rings is 2. The minimum absolute atomic E-state index is 0.0656. The van der Waals surface area contributed by atoms with Gasteiger partial charge >= 0.3 is 0 Å². The van der Waals surface area contributed by atoms with Crippen molar-refractivity contribution in [1.29, 1.82) is 0 Å². The molecule has 1 aliphatic carbocycles. The second kappa shape index (κ2) is 8.68. The Kier molecular flexibility index (Phi) is 6.00. The lowest BCUT2D eigenvalue weighted by Gasteiger charge is -2.34. The van der Waals surface area contributed by atoms with E-state index in [1.54, 1.807) is 6.07 Å². The molecule has 2 aliphatic rings. The van der Waals surface area contributed by atoms with Crippen LogP contribution in [0.4, 0.5) is 5.69 Å². The van der Waals surface area contributed by atoms with E-state index in [0.717, 1.165) is 28.9 Å². The van der Waals surface area contributed by atoms with Crippen LogP contribution in [0.15, 0.2) is 52.3 Å². The summed E-state index contributed by atoms with van der Waals surface area (Å²) in [6.07, 6.45) is 5.32. The zero-order valence-electron chi connectivity index (χ0n) is 17.7. The molecule has 0 spiro atoms. The maximum Gasteiger partial charge on any atom is 0.262 e. The van der Waals surface area contributed by atoms with E-state index in [4.69, 9.17) is 0 Å². The molecule has 156 valence electrons. The van der Waals surface area contributed by atoms with Crippen LogP contribution in [0.5, 0.6) is 0 Å². The number of amides is 2. The fourth-order valence-electron chi connectivity index (χ4n) is 4.25. The molecule has 1 aliphatic heterocycles. The Bertz CT molecular complexity index is 1010. The van der Waals surface area contributed by atoms with Crippen molar-refractivity contribution in [2.75, 3.05) is 5.32 Å². The zero-order chi connectivity index (χ0) is 21.3. The van der Waals surface area contributed by atoms with Gasteiger partial charge in [0.2, 0.25) is 0 Å². The average molecular weight is 421 g/mol. The molecular weight excluding hydrogens is 392 g/mol. The maximum atomic E-state index is 12.8. The van der Waals surface area contributed by atoms with Gasteiger partial charge in [0.05, 0.1) is 10.6 Å². The summed E-state index contributed by atoms with van der Waals surface area (Å²) in [5.41, 5.74) is 3.45. The van der Waals surface area contributed by atoms with Crippen LogP contribution in [0.2, 0.25) is 0 Å². The average Bonchev–Trinajstić information content (AvgIpc) is 2.71. The summed E-state index contributed by atoms with van der Waals surface area (Å²) < 4.78 is 0. The Balaban J connectivity index is 1.50. The van der Waals surface area contributed by atoms with Crippen molar-refractivity contribution in [3.63, 3.8) is 0 Å². The third-order valence-corrected chi connectivity index (χ3v) is 7.40. The summed E-state index contributed by atoms with van der Waals surface area (Å²) in [7, 11) is 0. The SMILES string of the molecule is Cc1cccc(/C=C2/Sc3ccc(C(=O)N[C@@H]4CCC[C@@H](C)[C@@H]4C)cc3NC2=O)c1. The van der Waals surface area contributed by atoms with Crippen molar-refractivity contribution in [3.05, 3.63) is 64.1 Å². The van der Waals surface area contributed by atoms with Crippen LogP contribution < -0.4 is 10.6 Å². The molecule has 2 N–H and O–H groups in total. The van der Waals surface area contributed by atoms with Gasteiger partial charge in [-0.25, -0.2) is 0 Å². The van der Waals surface area contributed by atoms with Gasteiger partial charge in [-0.2, -0.15) is 0 Å². The van der Waals surface area contributed by atoms with E-state index in [9.17, 15) is 9.59 Å². The van der Waals surface area contributed by atoms with E-state index in [1.807, 2.05) is 43.3 Å². The van der Waals surface area contributed by atoms with Gasteiger partial charge < -0.3 is 10.6 Å². The Labute approximate surface area is 182 Å². The lowest BCUT2D eigenvalue weighted by Crippen LogP contribution is -2.43. The quantitative estimate of drug-likeness (QED) is 0.632. The highest BCUT2D eigenvalue weighted by atomic mass is 32.2. The Morgan fingerprint density at radius 1 is 1.17 bits per heavy atom. The molecular formula is C25H28N2O2S. The van der Waals surface area contributed by atoms with Crippen LogP contribution in [0.3, 0.4) is 0 Å². The predicted octanol–water partition coefficient (Wildman–Crippen LogP) is 5.63. The predicted molar refractivity (Wildman–Crippen MR) is 124 cm³/mol. The molecule has 4 nitrogen and oxygen atoms in total. The van der Waals surface area contributed by atoms with E-state index in [2.05, 4.69) is 30.5 Å². The standard InChI is InChI=1S/C25H28N2O2S/c1-15-6-4-8-18(12-15)13-23-25(29)27-21-14-19(10-11-22(21)30-23)24(28)26-20-9-5-7-16(2)17(20)3/h4,6,8,10-14,16-17,20H,5,7,9H2,1-3H3,(H,26,28)(H,27,29)/b23-13+/t16-,17+,20-/m1/s1. The van der Waals surface area contributed by atoms with Gasteiger partial charge in [0.1, 0.15) is 0 Å². The number of thioether (sulfide) groups is 1. The first-order valence-corrected chi connectivity index (χ1v) is 11.4. The highest BCUT2D eigenvalue weighted by Crippen LogP contribution is 2.39. The summed E-state index contributed by atoms with van der Waals surface area (Å²) in [5.74, 6) is 0.900. The Morgan fingerprint density at radius 2 is 2.00 bits per heavy atom. The van der Waals surface area contributed by atoms with Gasteiger partial charge in [0.25, 0.3) is 11.8 Å². The summed E-state index contributed by atoms with van der Waals surface area (Å²) in [5, 5.41) is 6.16. The topological polar surface area (TPSA) is 58.2 Å². The van der Waals surface area contributed by atoms with E-state index in [1.165, 1.54) is 18.2 Å². The first-order chi connectivity index (χ1) is 14.4. The number of nitrogens with one attached hydrogen (secondary N) is 2. The normalized spacial score (nSPS) is 24.8. The second-order valence-corrected chi connectivity index (χ2v) is 9.62. The number of aryl methyl sites for hydroxylation is 1. The fourth-order valence-corrected chi connectivity index (χ4v) is 5.18. The molecule has 30 heavy (non-hydrogen) atoms.